The molecular formula is C5H5BN2O2. The smallest absolute Gasteiger partial charge is 0.229 e. The zero-order valence-electron chi connectivity index (χ0n) is 5.40. The van der Waals surface area contributed by atoms with Crippen LogP contribution >= 0.6 is 0 Å². The lowest BCUT2D eigenvalue weighted by Gasteiger charge is -1.91. The maximum absolute atomic E-state index is 10.6. The molecule has 1 heterocycles. The molecule has 1 N–H and O–H groups in total. The van der Waals surface area contributed by atoms with E-state index in [1.807, 2.05) is 0 Å². The van der Waals surface area contributed by atoms with Crippen LogP contribution in [0.15, 0.2) is 12.4 Å². The quantitative estimate of drug-likeness (QED) is 0.500. The average Bonchev–Trinajstić information content (AvgIpc) is 1.88. The van der Waals surface area contributed by atoms with Gasteiger partial charge in [-0.25, -0.2) is 9.97 Å². The summed E-state index contributed by atoms with van der Waals surface area (Å²) in [6.45, 7) is 0. The van der Waals surface area contributed by atoms with Crippen LogP contribution in [0.1, 0.15) is 10.5 Å². The Morgan fingerprint density at radius 2 is 2.20 bits per heavy atom. The van der Waals surface area contributed by atoms with Crippen molar-refractivity contribution in [2.45, 2.75) is 0 Å². The van der Waals surface area contributed by atoms with Crippen molar-refractivity contribution in [3.8, 4) is 5.88 Å². The number of carbonyl (C=O) groups excluding carboxylic acids is 1. The fourth-order valence-corrected chi connectivity index (χ4v) is 0.503. The lowest BCUT2D eigenvalue weighted by Crippen LogP contribution is -2.00. The van der Waals surface area contributed by atoms with Crippen molar-refractivity contribution >= 4 is 13.5 Å². The third kappa shape index (κ3) is 1.31. The molecule has 0 bridgehead atoms. The minimum atomic E-state index is -0.176. The first kappa shape index (κ1) is 6.73. The Morgan fingerprint density at radius 1 is 1.50 bits per heavy atom. The molecule has 1 aromatic heterocycles. The monoisotopic (exact) mass is 136 g/mol. The Morgan fingerprint density at radius 3 is 2.60 bits per heavy atom. The molecule has 10 heavy (non-hydrogen) atoms. The van der Waals surface area contributed by atoms with Crippen LogP contribution in [-0.4, -0.2) is 28.6 Å². The normalized spacial score (nSPS) is 9.20. The number of hydrogen-bond acceptors (Lipinski definition) is 4. The van der Waals surface area contributed by atoms with Crippen LogP contribution < -0.4 is 0 Å². The SMILES string of the molecule is BC(=O)c1cnc(O)cn1. The molecule has 5 heteroatoms. The second kappa shape index (κ2) is 2.47. The summed E-state index contributed by atoms with van der Waals surface area (Å²) in [6.07, 6.45) is 2.37. The molecule has 0 spiro atoms. The average molecular weight is 136 g/mol. The Hall–Kier alpha value is -1.39. The molecule has 1 aromatic rings. The highest BCUT2D eigenvalue weighted by Crippen LogP contribution is 1.99. The number of nitrogens with zero attached hydrogens (tertiary/aromatic N) is 2. The highest BCUT2D eigenvalue weighted by atomic mass is 16.3. The largest absolute Gasteiger partial charge is 0.492 e. The molecule has 0 amide bonds. The van der Waals surface area contributed by atoms with E-state index in [1.165, 1.54) is 14.0 Å². The number of aromatic hydroxyl groups is 1. The third-order valence-corrected chi connectivity index (χ3v) is 0.999. The molecule has 0 aromatic carbocycles. The van der Waals surface area contributed by atoms with Gasteiger partial charge < -0.3 is 9.90 Å². The summed E-state index contributed by atoms with van der Waals surface area (Å²) in [5.41, 5.74) is 0.102. The van der Waals surface area contributed by atoms with Crippen LogP contribution in [-0.2, 0) is 0 Å². The first-order valence-electron chi connectivity index (χ1n) is 2.72. The van der Waals surface area contributed by atoms with Crippen molar-refractivity contribution in [2.24, 2.45) is 0 Å². The zero-order chi connectivity index (χ0) is 7.56. The lowest BCUT2D eigenvalue weighted by molar-refractivity contribution is 0.107. The Balaban J connectivity index is 3.00. The summed E-state index contributed by atoms with van der Waals surface area (Å²) in [4.78, 5) is 17.7. The molecule has 0 aliphatic heterocycles. The van der Waals surface area contributed by atoms with Gasteiger partial charge in [-0.3, -0.25) is 0 Å². The summed E-state index contributed by atoms with van der Waals surface area (Å²) in [6, 6.07) is 0. The number of aromatic nitrogens is 2. The fourth-order valence-electron chi connectivity index (χ4n) is 0.503. The van der Waals surface area contributed by atoms with E-state index in [1.54, 1.807) is 0 Å². The second-order valence-corrected chi connectivity index (χ2v) is 1.82. The molecule has 0 unspecified atom stereocenters. The van der Waals surface area contributed by atoms with E-state index < -0.39 is 0 Å². The fraction of sp³-hybridized carbons (Fsp3) is 0. The first-order chi connectivity index (χ1) is 4.70. The Labute approximate surface area is 58.3 Å². The molecule has 0 atom stereocenters. The summed E-state index contributed by atoms with van der Waals surface area (Å²) in [5, 5.41) is 8.65. The van der Waals surface area contributed by atoms with E-state index >= 15 is 0 Å². The van der Waals surface area contributed by atoms with Crippen molar-refractivity contribution in [3.63, 3.8) is 0 Å². The standard InChI is InChI=1S/C5H5BN2O2/c6-5(10)3-1-8-4(9)2-7-3/h1-2H,6H2,(H,8,9). The van der Waals surface area contributed by atoms with E-state index in [0.717, 1.165) is 6.20 Å². The van der Waals surface area contributed by atoms with Gasteiger partial charge in [0.15, 0.2) is 7.85 Å². The maximum atomic E-state index is 10.6. The van der Waals surface area contributed by atoms with Crippen molar-refractivity contribution in [2.75, 3.05) is 0 Å². The Kier molecular flexibility index (Phi) is 1.66. The number of carbonyl (C=O) groups is 1. The van der Waals surface area contributed by atoms with E-state index in [0.29, 0.717) is 0 Å². The van der Waals surface area contributed by atoms with Gasteiger partial charge in [0.2, 0.25) is 5.88 Å². The van der Waals surface area contributed by atoms with Gasteiger partial charge in [0.05, 0.1) is 12.4 Å². The zero-order valence-corrected chi connectivity index (χ0v) is 5.40. The van der Waals surface area contributed by atoms with Crippen LogP contribution in [0, 0.1) is 0 Å². The molecule has 0 saturated carbocycles. The van der Waals surface area contributed by atoms with Crippen molar-refractivity contribution in [3.05, 3.63) is 18.1 Å². The number of hydrogen-bond donors (Lipinski definition) is 1. The van der Waals surface area contributed by atoms with Gasteiger partial charge >= 0.3 is 0 Å². The second-order valence-electron chi connectivity index (χ2n) is 1.82. The van der Waals surface area contributed by atoms with Gasteiger partial charge in [0, 0.05) is 0 Å². The lowest BCUT2D eigenvalue weighted by atomic mass is 10.0. The Bertz CT molecular complexity index is 246. The highest BCUT2D eigenvalue weighted by Gasteiger charge is 1.99. The molecular weight excluding hydrogens is 131 g/mol. The summed E-state index contributed by atoms with van der Waals surface area (Å²) >= 11 is 0. The van der Waals surface area contributed by atoms with Crippen LogP contribution in [0.5, 0.6) is 5.88 Å². The molecule has 0 radical (unpaired) electrons. The number of rotatable bonds is 1. The van der Waals surface area contributed by atoms with Crippen molar-refractivity contribution < 1.29 is 9.90 Å². The van der Waals surface area contributed by atoms with Gasteiger partial charge in [-0.2, -0.15) is 0 Å². The molecule has 4 nitrogen and oxygen atoms in total. The van der Waals surface area contributed by atoms with Crippen LogP contribution in [0.2, 0.25) is 0 Å². The molecule has 0 aliphatic carbocycles. The van der Waals surface area contributed by atoms with Crippen molar-refractivity contribution in [1.29, 1.82) is 0 Å². The van der Waals surface area contributed by atoms with E-state index in [9.17, 15) is 4.79 Å². The van der Waals surface area contributed by atoms with Gasteiger partial charge in [0.1, 0.15) is 11.4 Å². The third-order valence-electron chi connectivity index (χ3n) is 0.999. The van der Waals surface area contributed by atoms with Gasteiger partial charge in [-0.05, 0) is 0 Å². The van der Waals surface area contributed by atoms with E-state index in [4.69, 9.17) is 5.11 Å². The summed E-state index contributed by atoms with van der Waals surface area (Å²) in [5.74, 6) is -0.176. The predicted molar refractivity (Wildman–Crippen MR) is 36.6 cm³/mol. The van der Waals surface area contributed by atoms with Crippen LogP contribution in [0.25, 0.3) is 0 Å². The van der Waals surface area contributed by atoms with E-state index in [-0.39, 0.29) is 17.3 Å². The van der Waals surface area contributed by atoms with Gasteiger partial charge in [0.25, 0.3) is 0 Å². The summed E-state index contributed by atoms with van der Waals surface area (Å²) in [7, 11) is 1.39. The minimum Gasteiger partial charge on any atom is -0.492 e. The molecule has 50 valence electrons. The van der Waals surface area contributed by atoms with Gasteiger partial charge in [-0.15, -0.1) is 0 Å². The first-order valence-corrected chi connectivity index (χ1v) is 2.72. The minimum absolute atomic E-state index is 0.160. The highest BCUT2D eigenvalue weighted by molar-refractivity contribution is 6.62. The molecule has 0 fully saturated rings. The molecule has 0 aliphatic rings. The van der Waals surface area contributed by atoms with E-state index in [2.05, 4.69) is 9.97 Å². The molecule has 1 rings (SSSR count). The molecule has 0 saturated heterocycles. The van der Waals surface area contributed by atoms with Crippen LogP contribution in [0.4, 0.5) is 0 Å². The topological polar surface area (TPSA) is 63.1 Å². The van der Waals surface area contributed by atoms with Crippen molar-refractivity contribution in [1.82, 2.24) is 9.97 Å². The maximum Gasteiger partial charge on any atom is 0.229 e. The predicted octanol–water partition coefficient (Wildman–Crippen LogP) is -1.04. The summed E-state index contributed by atoms with van der Waals surface area (Å²) < 4.78 is 0. The van der Waals surface area contributed by atoms with Gasteiger partial charge in [-0.1, -0.05) is 0 Å². The van der Waals surface area contributed by atoms with Crippen LogP contribution in [0.3, 0.4) is 0 Å².